The van der Waals surface area contributed by atoms with E-state index in [1.807, 2.05) is 0 Å². The Hall–Kier alpha value is -1.56. The Bertz CT molecular complexity index is 496. The summed E-state index contributed by atoms with van der Waals surface area (Å²) in [6.45, 7) is 0. The number of hydrogen-bond donors (Lipinski definition) is 0. The van der Waals surface area contributed by atoms with Crippen molar-refractivity contribution in [3.63, 3.8) is 0 Å². The van der Waals surface area contributed by atoms with Gasteiger partial charge in [0.2, 0.25) is 0 Å². The molecule has 17 heavy (non-hydrogen) atoms. The van der Waals surface area contributed by atoms with Crippen molar-refractivity contribution in [2.24, 2.45) is 5.92 Å². The average molecular weight is 253 g/mol. The van der Waals surface area contributed by atoms with Crippen LogP contribution < -0.4 is 0 Å². The molecule has 1 atom stereocenters. The number of nitro benzene ring substituents is 1. The van der Waals surface area contributed by atoms with Gasteiger partial charge in [0.05, 0.1) is 21.5 Å². The van der Waals surface area contributed by atoms with Crippen LogP contribution >= 0.6 is 0 Å². The quantitative estimate of drug-likeness (QED) is 0.591. The van der Waals surface area contributed by atoms with Gasteiger partial charge in [0.15, 0.2) is 0 Å². The molecule has 0 saturated heterocycles. The summed E-state index contributed by atoms with van der Waals surface area (Å²) in [5.74, 6) is -0.140. The Kier molecular flexibility index (Phi) is 3.33. The summed E-state index contributed by atoms with van der Waals surface area (Å²) in [6, 6.07) is 5.84. The number of rotatable bonds is 5. The predicted molar refractivity (Wildman–Crippen MR) is 62.1 cm³/mol. The molecular weight excluding hydrogens is 242 g/mol. The highest BCUT2D eigenvalue weighted by molar-refractivity contribution is 7.86. The van der Waals surface area contributed by atoms with Crippen molar-refractivity contribution in [2.45, 2.75) is 17.7 Å². The second kappa shape index (κ2) is 4.75. The van der Waals surface area contributed by atoms with Gasteiger partial charge in [0.25, 0.3) is 5.69 Å². The molecule has 0 heterocycles. The second-order valence-electron chi connectivity index (χ2n) is 3.96. The standard InChI is InChI=1S/C11H11NO4S/c13-10(8-5-6-8)7-17(16)11-4-2-1-3-9(11)12(14)15/h1-4,8H,5-7H2. The van der Waals surface area contributed by atoms with Crippen LogP contribution in [0.5, 0.6) is 0 Å². The maximum Gasteiger partial charge on any atom is 0.285 e. The number of carbonyl (C=O) groups is 1. The van der Waals surface area contributed by atoms with Crippen molar-refractivity contribution in [3.8, 4) is 0 Å². The van der Waals surface area contributed by atoms with E-state index >= 15 is 0 Å². The highest BCUT2D eigenvalue weighted by Crippen LogP contribution is 2.31. The third-order valence-electron chi connectivity index (χ3n) is 2.61. The summed E-state index contributed by atoms with van der Waals surface area (Å²) >= 11 is 0. The molecule has 5 nitrogen and oxygen atoms in total. The lowest BCUT2D eigenvalue weighted by atomic mass is 10.3. The van der Waals surface area contributed by atoms with E-state index in [1.54, 1.807) is 6.07 Å². The summed E-state index contributed by atoms with van der Waals surface area (Å²) < 4.78 is 11.9. The van der Waals surface area contributed by atoms with Crippen LogP contribution in [0.3, 0.4) is 0 Å². The molecule has 6 heteroatoms. The topological polar surface area (TPSA) is 77.3 Å². The lowest BCUT2D eigenvalue weighted by molar-refractivity contribution is -0.387. The van der Waals surface area contributed by atoms with Gasteiger partial charge in [0, 0.05) is 12.0 Å². The number of ketones is 1. The summed E-state index contributed by atoms with van der Waals surface area (Å²) in [5, 5.41) is 10.7. The molecule has 1 aliphatic rings. The lowest BCUT2D eigenvalue weighted by Crippen LogP contribution is -2.13. The van der Waals surface area contributed by atoms with E-state index < -0.39 is 15.7 Å². The highest BCUT2D eigenvalue weighted by Gasteiger charge is 2.31. The molecule has 1 saturated carbocycles. The third-order valence-corrected chi connectivity index (χ3v) is 4.00. The normalized spacial score (nSPS) is 16.5. The number of para-hydroxylation sites is 1. The number of nitrogens with zero attached hydrogens (tertiary/aromatic N) is 1. The average Bonchev–Trinajstić information content (AvgIpc) is 3.12. The Labute approximate surface area is 100 Å². The molecule has 1 unspecified atom stereocenters. The molecule has 0 spiro atoms. The van der Waals surface area contributed by atoms with Crippen LogP contribution in [0.4, 0.5) is 5.69 Å². The van der Waals surface area contributed by atoms with Gasteiger partial charge >= 0.3 is 0 Å². The molecule has 1 aromatic carbocycles. The number of Topliss-reactive ketones (excluding diaryl/α,β-unsaturated/α-hetero) is 1. The van der Waals surface area contributed by atoms with Crippen LogP contribution in [-0.4, -0.2) is 20.7 Å². The van der Waals surface area contributed by atoms with E-state index in [0.29, 0.717) is 0 Å². The summed E-state index contributed by atoms with van der Waals surface area (Å²) in [6.07, 6.45) is 1.71. The van der Waals surface area contributed by atoms with Crippen molar-refractivity contribution < 1.29 is 13.9 Å². The molecule has 0 amide bonds. The van der Waals surface area contributed by atoms with Gasteiger partial charge in [-0.15, -0.1) is 0 Å². The number of benzene rings is 1. The third kappa shape index (κ3) is 2.76. The smallest absolute Gasteiger partial charge is 0.285 e. The second-order valence-corrected chi connectivity index (χ2v) is 5.37. The molecule has 0 aromatic heterocycles. The van der Waals surface area contributed by atoms with E-state index in [4.69, 9.17) is 0 Å². The molecule has 1 aliphatic carbocycles. The Morgan fingerprint density at radius 3 is 2.65 bits per heavy atom. The first-order valence-corrected chi connectivity index (χ1v) is 6.56. The van der Waals surface area contributed by atoms with E-state index in [1.165, 1.54) is 18.2 Å². The highest BCUT2D eigenvalue weighted by atomic mass is 32.2. The van der Waals surface area contributed by atoms with Gasteiger partial charge in [-0.1, -0.05) is 12.1 Å². The zero-order valence-electron chi connectivity index (χ0n) is 9.00. The maximum absolute atomic E-state index is 11.9. The Balaban J connectivity index is 2.18. The summed E-state index contributed by atoms with van der Waals surface area (Å²) in [7, 11) is -1.62. The Morgan fingerprint density at radius 2 is 2.06 bits per heavy atom. The fourth-order valence-electron chi connectivity index (χ4n) is 1.53. The minimum Gasteiger partial charge on any atom is -0.298 e. The van der Waals surface area contributed by atoms with Gasteiger partial charge in [-0.25, -0.2) is 0 Å². The number of nitro groups is 1. The van der Waals surface area contributed by atoms with E-state index in [-0.39, 0.29) is 28.0 Å². The first kappa shape index (κ1) is 11.9. The molecule has 1 aromatic rings. The summed E-state index contributed by atoms with van der Waals surface area (Å²) in [4.78, 5) is 21.8. The molecule has 0 aliphatic heterocycles. The van der Waals surface area contributed by atoms with Crippen molar-refractivity contribution >= 4 is 22.3 Å². The minimum atomic E-state index is -1.62. The fourth-order valence-corrected chi connectivity index (χ4v) is 2.79. The van der Waals surface area contributed by atoms with Crippen LogP contribution in [0.15, 0.2) is 29.2 Å². The van der Waals surface area contributed by atoms with Crippen molar-refractivity contribution in [2.75, 3.05) is 5.75 Å². The van der Waals surface area contributed by atoms with Gasteiger partial charge in [0.1, 0.15) is 10.7 Å². The molecule has 90 valence electrons. The monoisotopic (exact) mass is 253 g/mol. The van der Waals surface area contributed by atoms with E-state index in [0.717, 1.165) is 12.8 Å². The first-order valence-electron chi connectivity index (χ1n) is 5.24. The van der Waals surface area contributed by atoms with Crippen LogP contribution in [0, 0.1) is 16.0 Å². The zero-order chi connectivity index (χ0) is 12.4. The predicted octanol–water partition coefficient (Wildman–Crippen LogP) is 1.68. The van der Waals surface area contributed by atoms with Crippen molar-refractivity contribution in [1.82, 2.24) is 0 Å². The van der Waals surface area contributed by atoms with Gasteiger partial charge in [-0.2, -0.15) is 0 Å². The molecule has 0 N–H and O–H groups in total. The fraction of sp³-hybridized carbons (Fsp3) is 0.364. The Morgan fingerprint density at radius 1 is 1.41 bits per heavy atom. The lowest BCUT2D eigenvalue weighted by Gasteiger charge is -2.02. The van der Waals surface area contributed by atoms with Crippen molar-refractivity contribution in [3.05, 3.63) is 34.4 Å². The zero-order valence-corrected chi connectivity index (χ0v) is 9.81. The van der Waals surface area contributed by atoms with E-state index in [9.17, 15) is 19.1 Å². The van der Waals surface area contributed by atoms with Crippen molar-refractivity contribution in [1.29, 1.82) is 0 Å². The van der Waals surface area contributed by atoms with Crippen LogP contribution in [0.1, 0.15) is 12.8 Å². The first-order chi connectivity index (χ1) is 8.09. The van der Waals surface area contributed by atoms with Crippen LogP contribution in [0.2, 0.25) is 0 Å². The minimum absolute atomic E-state index is 0.0294. The SMILES string of the molecule is O=C(CS(=O)c1ccccc1[N+](=O)[O-])C1CC1. The summed E-state index contributed by atoms with van der Waals surface area (Å²) in [5.41, 5.74) is -0.186. The number of hydrogen-bond acceptors (Lipinski definition) is 4. The van der Waals surface area contributed by atoms with Gasteiger partial charge in [-0.05, 0) is 18.9 Å². The van der Waals surface area contributed by atoms with Crippen LogP contribution in [0.25, 0.3) is 0 Å². The van der Waals surface area contributed by atoms with E-state index in [2.05, 4.69) is 0 Å². The van der Waals surface area contributed by atoms with Gasteiger partial charge in [-0.3, -0.25) is 19.1 Å². The molecule has 0 bridgehead atoms. The maximum atomic E-state index is 11.9. The number of carbonyl (C=O) groups excluding carboxylic acids is 1. The van der Waals surface area contributed by atoms with Crippen LogP contribution in [-0.2, 0) is 15.6 Å². The largest absolute Gasteiger partial charge is 0.298 e. The molecule has 0 radical (unpaired) electrons. The van der Waals surface area contributed by atoms with Gasteiger partial charge < -0.3 is 0 Å². The molecule has 2 rings (SSSR count). The molecule has 1 fully saturated rings. The molecular formula is C11H11NO4S.